The summed E-state index contributed by atoms with van der Waals surface area (Å²) in [6.07, 6.45) is 4.90. The van der Waals surface area contributed by atoms with Gasteiger partial charge in [0.25, 0.3) is 0 Å². The van der Waals surface area contributed by atoms with Crippen molar-refractivity contribution in [2.75, 3.05) is 26.2 Å². The highest BCUT2D eigenvalue weighted by atomic mass is 32.1. The maximum absolute atomic E-state index is 12.7. The molecule has 6 nitrogen and oxygen atoms in total. The van der Waals surface area contributed by atoms with Gasteiger partial charge in [-0.15, -0.1) is 11.3 Å². The molecular formula is C17H23N5OS. The quantitative estimate of drug-likeness (QED) is 0.845. The molecule has 2 aliphatic rings. The van der Waals surface area contributed by atoms with Crippen molar-refractivity contribution >= 4 is 17.2 Å². The van der Waals surface area contributed by atoms with Crippen LogP contribution in [0.15, 0.2) is 17.8 Å². The van der Waals surface area contributed by atoms with Crippen LogP contribution in [0.5, 0.6) is 0 Å². The van der Waals surface area contributed by atoms with Gasteiger partial charge in [0.1, 0.15) is 0 Å². The lowest BCUT2D eigenvalue weighted by Crippen LogP contribution is -2.48. The molecule has 2 aromatic rings. The summed E-state index contributed by atoms with van der Waals surface area (Å²) in [4.78, 5) is 21.7. The van der Waals surface area contributed by atoms with Crippen LogP contribution in [-0.4, -0.2) is 56.7 Å². The first kappa shape index (κ1) is 15.8. The molecule has 1 saturated heterocycles. The van der Waals surface area contributed by atoms with E-state index in [9.17, 15) is 4.79 Å². The first-order valence-corrected chi connectivity index (χ1v) is 9.39. The molecule has 0 unspecified atom stereocenters. The molecule has 1 aliphatic heterocycles. The molecule has 0 bridgehead atoms. The number of hydrogen-bond acceptors (Lipinski definition) is 5. The number of rotatable bonds is 4. The Kier molecular flexibility index (Phi) is 4.14. The lowest BCUT2D eigenvalue weighted by Gasteiger charge is -2.34. The second-order valence-electron chi connectivity index (χ2n) is 6.86. The monoisotopic (exact) mass is 345 g/mol. The summed E-state index contributed by atoms with van der Waals surface area (Å²) < 4.78 is 1.81. The minimum atomic E-state index is 0.168. The van der Waals surface area contributed by atoms with E-state index in [-0.39, 0.29) is 5.92 Å². The van der Waals surface area contributed by atoms with Crippen LogP contribution in [-0.2, 0) is 18.4 Å². The molecule has 0 spiro atoms. The maximum atomic E-state index is 12.7. The first-order chi connectivity index (χ1) is 11.6. The summed E-state index contributed by atoms with van der Waals surface area (Å²) >= 11 is 1.70. The van der Waals surface area contributed by atoms with Crippen molar-refractivity contribution in [2.24, 2.45) is 13.0 Å². The third kappa shape index (κ3) is 3.23. The summed E-state index contributed by atoms with van der Waals surface area (Å²) in [5, 5.41) is 7.47. The molecule has 1 amide bonds. The lowest BCUT2D eigenvalue weighted by atomic mass is 10.1. The van der Waals surface area contributed by atoms with E-state index in [0.717, 1.165) is 49.8 Å². The van der Waals surface area contributed by atoms with Crippen LogP contribution in [0.4, 0.5) is 0 Å². The van der Waals surface area contributed by atoms with Crippen LogP contribution in [0.1, 0.15) is 28.6 Å². The number of hydrogen-bond donors (Lipinski definition) is 0. The van der Waals surface area contributed by atoms with Crippen LogP contribution in [0, 0.1) is 12.8 Å². The third-order valence-corrected chi connectivity index (χ3v) is 5.82. The Labute approximate surface area is 146 Å². The summed E-state index contributed by atoms with van der Waals surface area (Å²) in [6.45, 7) is 6.48. The van der Waals surface area contributed by atoms with Gasteiger partial charge in [0, 0.05) is 57.3 Å². The Bertz CT molecular complexity index is 731. The molecular weight excluding hydrogens is 322 g/mol. The molecule has 3 heterocycles. The van der Waals surface area contributed by atoms with Crippen LogP contribution in [0.2, 0.25) is 0 Å². The Morgan fingerprint density at radius 1 is 1.33 bits per heavy atom. The first-order valence-electron chi connectivity index (χ1n) is 8.51. The highest BCUT2D eigenvalue weighted by molar-refractivity contribution is 7.09. The van der Waals surface area contributed by atoms with E-state index in [2.05, 4.69) is 20.4 Å². The molecule has 1 saturated carbocycles. The van der Waals surface area contributed by atoms with Gasteiger partial charge in [0.2, 0.25) is 5.91 Å². The summed E-state index contributed by atoms with van der Waals surface area (Å²) in [7, 11) is 1.92. The van der Waals surface area contributed by atoms with E-state index in [1.165, 1.54) is 5.56 Å². The predicted molar refractivity (Wildman–Crippen MR) is 92.8 cm³/mol. The molecule has 24 heavy (non-hydrogen) atoms. The van der Waals surface area contributed by atoms with Crippen molar-refractivity contribution in [3.63, 3.8) is 0 Å². The Balaban J connectivity index is 1.28. The number of thiazole rings is 1. The van der Waals surface area contributed by atoms with Gasteiger partial charge >= 0.3 is 0 Å². The number of aromatic nitrogens is 3. The van der Waals surface area contributed by atoms with Gasteiger partial charge < -0.3 is 4.90 Å². The summed E-state index contributed by atoms with van der Waals surface area (Å²) in [5.74, 6) is 0.872. The Morgan fingerprint density at radius 2 is 2.12 bits per heavy atom. The number of nitrogens with zero attached hydrogens (tertiary/aromatic N) is 5. The van der Waals surface area contributed by atoms with Crippen LogP contribution < -0.4 is 0 Å². The average molecular weight is 345 g/mol. The zero-order chi connectivity index (χ0) is 16.7. The zero-order valence-corrected chi connectivity index (χ0v) is 15.0. The number of piperazine rings is 1. The van der Waals surface area contributed by atoms with E-state index in [1.54, 1.807) is 11.3 Å². The second-order valence-corrected chi connectivity index (χ2v) is 7.92. The molecule has 2 aromatic heterocycles. The largest absolute Gasteiger partial charge is 0.340 e. The average Bonchev–Trinajstić information content (AvgIpc) is 3.09. The van der Waals surface area contributed by atoms with Crippen LogP contribution >= 0.6 is 11.3 Å². The number of carbonyl (C=O) groups is 1. The van der Waals surface area contributed by atoms with Gasteiger partial charge in [0.15, 0.2) is 0 Å². The molecule has 128 valence electrons. The van der Waals surface area contributed by atoms with Gasteiger partial charge in [-0.2, -0.15) is 5.10 Å². The lowest BCUT2D eigenvalue weighted by molar-refractivity contribution is -0.134. The minimum absolute atomic E-state index is 0.168. The summed E-state index contributed by atoms with van der Waals surface area (Å²) in [6, 6.07) is 0. The molecule has 4 rings (SSSR count). The van der Waals surface area contributed by atoms with E-state index in [0.29, 0.717) is 11.8 Å². The number of carbonyl (C=O) groups excluding carboxylic acids is 1. The van der Waals surface area contributed by atoms with Crippen molar-refractivity contribution in [3.05, 3.63) is 34.0 Å². The molecule has 7 heteroatoms. The van der Waals surface area contributed by atoms with Crippen LogP contribution in [0.25, 0.3) is 0 Å². The molecule has 2 fully saturated rings. The van der Waals surface area contributed by atoms with Gasteiger partial charge in [0.05, 0.1) is 16.9 Å². The molecule has 0 N–H and O–H groups in total. The topological polar surface area (TPSA) is 54.3 Å². The number of aryl methyl sites for hydroxylation is 2. The SMILES string of the molecule is Cc1nc(CN2CCN(C(=O)[C@H]3C[C@H]3c3cnn(C)c3)CC2)cs1. The molecule has 2 atom stereocenters. The highest BCUT2D eigenvalue weighted by Crippen LogP contribution is 2.48. The maximum Gasteiger partial charge on any atom is 0.226 e. The Hall–Kier alpha value is -1.73. The normalized spacial score (nSPS) is 24.3. The van der Waals surface area contributed by atoms with Gasteiger partial charge in [-0.1, -0.05) is 0 Å². The van der Waals surface area contributed by atoms with Crippen molar-refractivity contribution in [2.45, 2.75) is 25.8 Å². The standard InChI is InChI=1S/C17H23N5OS/c1-12-19-14(11-24-12)10-21-3-5-22(6-4-21)17(23)16-7-15(16)13-8-18-20(2)9-13/h8-9,11,15-16H,3-7,10H2,1-2H3/t15-,16-/m0/s1. The van der Waals surface area contributed by atoms with Crippen molar-refractivity contribution in [1.29, 1.82) is 0 Å². The van der Waals surface area contributed by atoms with E-state index in [1.807, 2.05) is 35.9 Å². The molecule has 0 radical (unpaired) electrons. The predicted octanol–water partition coefficient (Wildman–Crippen LogP) is 1.63. The highest BCUT2D eigenvalue weighted by Gasteiger charge is 2.46. The second kappa shape index (κ2) is 6.29. The number of amides is 1. The van der Waals surface area contributed by atoms with E-state index >= 15 is 0 Å². The third-order valence-electron chi connectivity index (χ3n) is 5.00. The fraction of sp³-hybridized carbons (Fsp3) is 0.588. The van der Waals surface area contributed by atoms with E-state index < -0.39 is 0 Å². The van der Waals surface area contributed by atoms with Crippen molar-refractivity contribution < 1.29 is 4.79 Å². The minimum Gasteiger partial charge on any atom is -0.340 e. The van der Waals surface area contributed by atoms with Crippen molar-refractivity contribution in [1.82, 2.24) is 24.6 Å². The fourth-order valence-electron chi connectivity index (χ4n) is 3.54. The molecule has 1 aliphatic carbocycles. The zero-order valence-electron chi connectivity index (χ0n) is 14.2. The molecule has 0 aromatic carbocycles. The fourth-order valence-corrected chi connectivity index (χ4v) is 4.14. The summed E-state index contributed by atoms with van der Waals surface area (Å²) in [5.41, 5.74) is 2.35. The Morgan fingerprint density at radius 3 is 2.75 bits per heavy atom. The van der Waals surface area contributed by atoms with Crippen molar-refractivity contribution in [3.8, 4) is 0 Å². The van der Waals surface area contributed by atoms with Gasteiger partial charge in [-0.3, -0.25) is 14.4 Å². The van der Waals surface area contributed by atoms with Gasteiger partial charge in [-0.05, 0) is 24.8 Å². The van der Waals surface area contributed by atoms with E-state index in [4.69, 9.17) is 0 Å². The smallest absolute Gasteiger partial charge is 0.226 e. The van der Waals surface area contributed by atoms with Crippen LogP contribution in [0.3, 0.4) is 0 Å². The van der Waals surface area contributed by atoms with Gasteiger partial charge in [-0.25, -0.2) is 4.98 Å².